The van der Waals surface area contributed by atoms with Crippen LogP contribution in [0.15, 0.2) is 115 Å². The fraction of sp³-hybridized carbons (Fsp3) is 0.0811. The maximum Gasteiger partial charge on any atom is 0.159 e. The molecule has 7 aromatic rings. The SMILES string of the molecule is Cc1ccnc(-c2ccc(-c3c4ccccc4c(-c4ccc(-c5nc(C)cc(C)n5)cc4)c4ccccc34)cc2)n1. The van der Waals surface area contributed by atoms with E-state index < -0.39 is 0 Å². The van der Waals surface area contributed by atoms with Gasteiger partial charge in [0.15, 0.2) is 11.6 Å². The van der Waals surface area contributed by atoms with Gasteiger partial charge in [0.1, 0.15) is 0 Å². The zero-order valence-electron chi connectivity index (χ0n) is 23.3. The molecule has 0 radical (unpaired) electrons. The largest absolute Gasteiger partial charge is 0.237 e. The number of rotatable bonds is 4. The molecular weight excluding hydrogens is 500 g/mol. The first-order valence-electron chi connectivity index (χ1n) is 13.8. The molecule has 0 bridgehead atoms. The van der Waals surface area contributed by atoms with Crippen LogP contribution in [0, 0.1) is 20.8 Å². The second kappa shape index (κ2) is 10.1. The lowest BCUT2D eigenvalue weighted by Crippen LogP contribution is -1.95. The van der Waals surface area contributed by atoms with Crippen LogP contribution in [-0.4, -0.2) is 19.9 Å². The van der Waals surface area contributed by atoms with E-state index in [9.17, 15) is 0 Å². The molecule has 0 atom stereocenters. The van der Waals surface area contributed by atoms with Crippen LogP contribution in [0.5, 0.6) is 0 Å². The van der Waals surface area contributed by atoms with Gasteiger partial charge in [-0.2, -0.15) is 0 Å². The summed E-state index contributed by atoms with van der Waals surface area (Å²) < 4.78 is 0. The number of aryl methyl sites for hydroxylation is 3. The lowest BCUT2D eigenvalue weighted by Gasteiger charge is -2.18. The van der Waals surface area contributed by atoms with Crippen molar-refractivity contribution in [1.29, 1.82) is 0 Å². The van der Waals surface area contributed by atoms with Crippen molar-refractivity contribution in [3.05, 3.63) is 132 Å². The molecule has 4 heteroatoms. The summed E-state index contributed by atoms with van der Waals surface area (Å²) in [6.45, 7) is 6.01. The Balaban J connectivity index is 1.40. The van der Waals surface area contributed by atoms with E-state index in [4.69, 9.17) is 0 Å². The molecule has 0 unspecified atom stereocenters. The molecule has 0 aliphatic rings. The molecule has 7 rings (SSSR count). The summed E-state index contributed by atoms with van der Waals surface area (Å²) in [4.78, 5) is 18.4. The molecular formula is C37H28N4. The highest BCUT2D eigenvalue weighted by Gasteiger charge is 2.17. The summed E-state index contributed by atoms with van der Waals surface area (Å²) in [5.74, 6) is 1.51. The Morgan fingerprint density at radius 1 is 0.390 bits per heavy atom. The van der Waals surface area contributed by atoms with E-state index in [-0.39, 0.29) is 0 Å². The van der Waals surface area contributed by atoms with E-state index in [1.165, 1.54) is 43.8 Å². The average Bonchev–Trinajstić information content (AvgIpc) is 2.99. The quantitative estimate of drug-likeness (QED) is 0.214. The van der Waals surface area contributed by atoms with Gasteiger partial charge in [-0.25, -0.2) is 19.9 Å². The molecule has 0 amide bonds. The van der Waals surface area contributed by atoms with Crippen LogP contribution in [-0.2, 0) is 0 Å². The summed E-state index contributed by atoms with van der Waals surface area (Å²) in [6, 6.07) is 38.6. The predicted octanol–water partition coefficient (Wildman–Crippen LogP) is 9.17. The molecule has 0 aliphatic heterocycles. The van der Waals surface area contributed by atoms with Gasteiger partial charge in [-0.1, -0.05) is 97.1 Å². The van der Waals surface area contributed by atoms with Crippen LogP contribution in [0.1, 0.15) is 17.1 Å². The van der Waals surface area contributed by atoms with Gasteiger partial charge in [-0.15, -0.1) is 0 Å². The normalized spacial score (nSPS) is 11.3. The van der Waals surface area contributed by atoms with Crippen molar-refractivity contribution >= 4 is 21.5 Å². The number of fused-ring (bicyclic) bond motifs is 2. The molecule has 0 aliphatic carbocycles. The minimum atomic E-state index is 0.747. The zero-order valence-corrected chi connectivity index (χ0v) is 23.3. The second-order valence-electron chi connectivity index (χ2n) is 10.5. The number of hydrogen-bond acceptors (Lipinski definition) is 4. The van der Waals surface area contributed by atoms with Gasteiger partial charge < -0.3 is 0 Å². The summed E-state index contributed by atoms with van der Waals surface area (Å²) in [5, 5.41) is 4.90. The Hall–Kier alpha value is -5.22. The average molecular weight is 529 g/mol. The van der Waals surface area contributed by atoms with Gasteiger partial charge in [-0.3, -0.25) is 0 Å². The Morgan fingerprint density at radius 3 is 1.22 bits per heavy atom. The van der Waals surface area contributed by atoms with Crippen molar-refractivity contribution in [3.8, 4) is 45.0 Å². The summed E-state index contributed by atoms with van der Waals surface area (Å²) in [6.07, 6.45) is 1.81. The number of nitrogens with zero attached hydrogens (tertiary/aromatic N) is 4. The predicted molar refractivity (Wildman–Crippen MR) is 169 cm³/mol. The topological polar surface area (TPSA) is 51.6 Å². The Labute approximate surface area is 239 Å². The minimum Gasteiger partial charge on any atom is -0.237 e. The minimum absolute atomic E-state index is 0.747. The molecule has 2 heterocycles. The molecule has 5 aromatic carbocycles. The molecule has 0 saturated carbocycles. The first kappa shape index (κ1) is 24.8. The Bertz CT molecular complexity index is 1980. The maximum absolute atomic E-state index is 4.66. The van der Waals surface area contributed by atoms with Gasteiger partial charge in [-0.05, 0) is 76.7 Å². The summed E-state index contributed by atoms with van der Waals surface area (Å²) in [5.41, 5.74) is 9.74. The van der Waals surface area contributed by atoms with Crippen LogP contribution < -0.4 is 0 Å². The Morgan fingerprint density at radius 2 is 0.780 bits per heavy atom. The van der Waals surface area contributed by atoms with Crippen molar-refractivity contribution in [2.24, 2.45) is 0 Å². The first-order chi connectivity index (χ1) is 20.0. The molecule has 0 N–H and O–H groups in total. The van der Waals surface area contributed by atoms with Crippen molar-refractivity contribution in [2.75, 3.05) is 0 Å². The highest BCUT2D eigenvalue weighted by molar-refractivity contribution is 6.21. The van der Waals surface area contributed by atoms with E-state index >= 15 is 0 Å². The van der Waals surface area contributed by atoms with Crippen LogP contribution in [0.3, 0.4) is 0 Å². The van der Waals surface area contributed by atoms with Gasteiger partial charge in [0.25, 0.3) is 0 Å². The van der Waals surface area contributed by atoms with Crippen LogP contribution in [0.25, 0.3) is 66.6 Å². The zero-order chi connectivity index (χ0) is 27.9. The fourth-order valence-corrected chi connectivity index (χ4v) is 5.77. The Kier molecular flexibility index (Phi) is 6.09. The fourth-order valence-electron chi connectivity index (χ4n) is 5.77. The molecule has 0 saturated heterocycles. The molecule has 196 valence electrons. The monoisotopic (exact) mass is 528 g/mol. The third kappa shape index (κ3) is 4.53. The molecule has 41 heavy (non-hydrogen) atoms. The highest BCUT2D eigenvalue weighted by atomic mass is 14.9. The van der Waals surface area contributed by atoms with E-state index in [0.29, 0.717) is 0 Å². The lowest BCUT2D eigenvalue weighted by molar-refractivity contribution is 1.06. The summed E-state index contributed by atoms with van der Waals surface area (Å²) >= 11 is 0. The summed E-state index contributed by atoms with van der Waals surface area (Å²) in [7, 11) is 0. The van der Waals surface area contributed by atoms with E-state index in [0.717, 1.165) is 39.9 Å². The number of aromatic nitrogens is 4. The van der Waals surface area contributed by atoms with Crippen LogP contribution in [0.2, 0.25) is 0 Å². The van der Waals surface area contributed by atoms with E-state index in [1.54, 1.807) is 0 Å². The molecule has 2 aromatic heterocycles. The molecule has 0 fully saturated rings. The maximum atomic E-state index is 4.66. The third-order valence-electron chi connectivity index (χ3n) is 7.57. The van der Waals surface area contributed by atoms with Crippen molar-refractivity contribution < 1.29 is 0 Å². The third-order valence-corrected chi connectivity index (χ3v) is 7.57. The molecule has 4 nitrogen and oxygen atoms in total. The standard InChI is InChI=1S/C37H28N4/c1-23-20-21-38-36(39-23)28-16-12-26(13-17-28)34-30-8-4-6-10-32(30)35(33-11-7-5-9-31(33)34)27-14-18-29(19-15-27)37-40-24(2)22-25(3)41-37/h4-22H,1-3H3. The van der Waals surface area contributed by atoms with Gasteiger partial charge in [0.05, 0.1) is 0 Å². The van der Waals surface area contributed by atoms with Crippen molar-refractivity contribution in [2.45, 2.75) is 20.8 Å². The number of hydrogen-bond donors (Lipinski definition) is 0. The number of benzene rings is 5. The van der Waals surface area contributed by atoms with E-state index in [2.05, 4.69) is 117 Å². The molecule has 0 spiro atoms. The highest BCUT2D eigenvalue weighted by Crippen LogP contribution is 2.44. The van der Waals surface area contributed by atoms with E-state index in [1.807, 2.05) is 39.1 Å². The van der Waals surface area contributed by atoms with Gasteiger partial charge >= 0.3 is 0 Å². The van der Waals surface area contributed by atoms with Crippen molar-refractivity contribution in [1.82, 2.24) is 19.9 Å². The first-order valence-corrected chi connectivity index (χ1v) is 13.8. The van der Waals surface area contributed by atoms with Crippen LogP contribution in [0.4, 0.5) is 0 Å². The van der Waals surface area contributed by atoms with Gasteiger partial charge in [0, 0.05) is 34.4 Å². The second-order valence-corrected chi connectivity index (χ2v) is 10.5. The smallest absolute Gasteiger partial charge is 0.159 e. The van der Waals surface area contributed by atoms with Crippen LogP contribution >= 0.6 is 0 Å². The lowest BCUT2D eigenvalue weighted by atomic mass is 9.85. The van der Waals surface area contributed by atoms with Gasteiger partial charge in [0.2, 0.25) is 0 Å². The van der Waals surface area contributed by atoms with Crippen molar-refractivity contribution in [3.63, 3.8) is 0 Å².